The van der Waals surface area contributed by atoms with E-state index >= 15 is 0 Å². The summed E-state index contributed by atoms with van der Waals surface area (Å²) >= 11 is 0. The van der Waals surface area contributed by atoms with E-state index in [-0.39, 0.29) is 0 Å². The number of hydrogen-bond acceptors (Lipinski definition) is 2. The topological polar surface area (TPSA) is 24.4 Å². The van der Waals surface area contributed by atoms with Crippen LogP contribution in [0.3, 0.4) is 0 Å². The third kappa shape index (κ3) is 1.56. The highest BCUT2D eigenvalue weighted by molar-refractivity contribution is 5.64. The molecule has 1 aromatic carbocycles. The van der Waals surface area contributed by atoms with Crippen molar-refractivity contribution in [3.8, 4) is 0 Å². The first-order valence-corrected chi connectivity index (χ1v) is 5.46. The zero-order valence-electron chi connectivity index (χ0n) is 8.61. The zero-order valence-corrected chi connectivity index (χ0v) is 8.61. The van der Waals surface area contributed by atoms with E-state index in [2.05, 4.69) is 40.7 Å². The van der Waals surface area contributed by atoms with Gasteiger partial charge in [-0.15, -0.1) is 0 Å². The average molecular weight is 198 g/mol. The molecule has 0 bridgehead atoms. The van der Waals surface area contributed by atoms with Crippen molar-refractivity contribution in [1.82, 2.24) is 5.32 Å². The van der Waals surface area contributed by atoms with E-state index in [9.17, 15) is 0 Å². The van der Waals surface area contributed by atoms with Crippen molar-refractivity contribution >= 4 is 12.4 Å². The van der Waals surface area contributed by atoms with Crippen LogP contribution in [-0.2, 0) is 6.42 Å². The highest BCUT2D eigenvalue weighted by Crippen LogP contribution is 2.26. The number of benzene rings is 1. The molecule has 0 fully saturated rings. The Morgan fingerprint density at radius 1 is 1.20 bits per heavy atom. The molecule has 2 heteroatoms. The molecule has 1 atom stereocenters. The largest absolute Gasteiger partial charge is 0.368 e. The summed E-state index contributed by atoms with van der Waals surface area (Å²) in [7, 11) is 0. The van der Waals surface area contributed by atoms with Gasteiger partial charge in [0.1, 0.15) is 0 Å². The lowest BCUT2D eigenvalue weighted by molar-refractivity contribution is 0.708. The molecule has 3 rings (SSSR count). The van der Waals surface area contributed by atoms with E-state index in [0.29, 0.717) is 6.04 Å². The van der Waals surface area contributed by atoms with Gasteiger partial charge >= 0.3 is 0 Å². The third-order valence-electron chi connectivity index (χ3n) is 3.18. The van der Waals surface area contributed by atoms with Gasteiger partial charge in [-0.3, -0.25) is 4.99 Å². The number of nitrogens with one attached hydrogen (secondary N) is 1. The summed E-state index contributed by atoms with van der Waals surface area (Å²) in [6.07, 6.45) is 6.48. The van der Waals surface area contributed by atoms with Gasteiger partial charge in [-0.05, 0) is 29.5 Å². The van der Waals surface area contributed by atoms with Crippen LogP contribution in [0.1, 0.15) is 17.5 Å². The van der Waals surface area contributed by atoms with E-state index < -0.39 is 0 Å². The van der Waals surface area contributed by atoms with Crippen molar-refractivity contribution in [1.29, 1.82) is 0 Å². The van der Waals surface area contributed by atoms with Crippen molar-refractivity contribution < 1.29 is 0 Å². The lowest BCUT2D eigenvalue weighted by Crippen LogP contribution is -2.28. The maximum Gasteiger partial charge on any atom is 0.0830 e. The molecule has 2 nitrogen and oxygen atoms in total. The van der Waals surface area contributed by atoms with Gasteiger partial charge in [0.2, 0.25) is 0 Å². The van der Waals surface area contributed by atoms with Crippen LogP contribution in [0.25, 0.3) is 6.08 Å². The first-order valence-electron chi connectivity index (χ1n) is 5.46. The van der Waals surface area contributed by atoms with Crippen LogP contribution in [-0.4, -0.2) is 18.9 Å². The van der Waals surface area contributed by atoms with Gasteiger partial charge in [-0.25, -0.2) is 0 Å². The molecular weight excluding hydrogens is 184 g/mol. The molecule has 0 spiro atoms. The molecule has 1 heterocycles. The van der Waals surface area contributed by atoms with E-state index in [1.807, 2.05) is 6.34 Å². The Kier molecular flexibility index (Phi) is 2.05. The van der Waals surface area contributed by atoms with Gasteiger partial charge in [0, 0.05) is 0 Å². The fraction of sp³-hybridized carbons (Fsp3) is 0.308. The van der Waals surface area contributed by atoms with Crippen LogP contribution >= 0.6 is 0 Å². The molecule has 0 aromatic heterocycles. The standard InChI is InChI=1S/C13H14N2/c1-2-4-11-7-12(6-5-10(11)3-1)13-8-14-9-15-13/h1-4,7,9,13H,5-6,8H2,(H,14,15). The second-order valence-electron chi connectivity index (χ2n) is 4.13. The first-order chi connectivity index (χ1) is 7.43. The maximum absolute atomic E-state index is 4.22. The van der Waals surface area contributed by atoms with Gasteiger partial charge in [0.05, 0.1) is 18.9 Å². The predicted molar refractivity (Wildman–Crippen MR) is 63.0 cm³/mol. The Labute approximate surface area is 89.7 Å². The van der Waals surface area contributed by atoms with E-state index in [4.69, 9.17) is 0 Å². The number of hydrogen-bond donors (Lipinski definition) is 1. The van der Waals surface area contributed by atoms with Gasteiger partial charge < -0.3 is 5.32 Å². The molecule has 1 aliphatic carbocycles. The quantitative estimate of drug-likeness (QED) is 0.733. The van der Waals surface area contributed by atoms with Crippen molar-refractivity contribution in [2.75, 3.05) is 6.54 Å². The Balaban J connectivity index is 1.91. The molecule has 0 saturated carbocycles. The molecule has 15 heavy (non-hydrogen) atoms. The van der Waals surface area contributed by atoms with Crippen LogP contribution < -0.4 is 5.32 Å². The molecule has 1 N–H and O–H groups in total. The highest BCUT2D eigenvalue weighted by atomic mass is 15.1. The Morgan fingerprint density at radius 3 is 3.00 bits per heavy atom. The summed E-state index contributed by atoms with van der Waals surface area (Å²) in [6.45, 7) is 0.897. The molecule has 0 amide bonds. The highest BCUT2D eigenvalue weighted by Gasteiger charge is 2.19. The SMILES string of the molecule is C1=NCC(C2=Cc3ccccc3CC2)N1. The summed E-state index contributed by atoms with van der Waals surface area (Å²) in [4.78, 5) is 4.22. The Bertz CT molecular complexity index is 424. The molecule has 1 aliphatic heterocycles. The summed E-state index contributed by atoms with van der Waals surface area (Å²) in [5.41, 5.74) is 4.35. The summed E-state index contributed by atoms with van der Waals surface area (Å²) in [6, 6.07) is 9.09. The lowest BCUT2D eigenvalue weighted by atomic mass is 9.89. The lowest BCUT2D eigenvalue weighted by Gasteiger charge is -2.20. The molecule has 1 unspecified atom stereocenters. The Morgan fingerprint density at radius 2 is 2.13 bits per heavy atom. The smallest absolute Gasteiger partial charge is 0.0830 e. The number of rotatable bonds is 1. The van der Waals surface area contributed by atoms with Crippen molar-refractivity contribution in [2.24, 2.45) is 4.99 Å². The zero-order chi connectivity index (χ0) is 10.1. The van der Waals surface area contributed by atoms with Crippen LogP contribution in [0.2, 0.25) is 0 Å². The molecule has 2 aliphatic rings. The van der Waals surface area contributed by atoms with Gasteiger partial charge in [-0.1, -0.05) is 30.3 Å². The van der Waals surface area contributed by atoms with Crippen LogP contribution in [0.4, 0.5) is 0 Å². The van der Waals surface area contributed by atoms with Crippen molar-refractivity contribution in [3.05, 3.63) is 41.0 Å². The minimum Gasteiger partial charge on any atom is -0.368 e. The summed E-state index contributed by atoms with van der Waals surface area (Å²) in [5, 5.41) is 3.30. The number of aryl methyl sites for hydroxylation is 1. The molecule has 0 saturated heterocycles. The van der Waals surface area contributed by atoms with Crippen LogP contribution in [0, 0.1) is 0 Å². The fourth-order valence-corrected chi connectivity index (χ4v) is 2.31. The van der Waals surface area contributed by atoms with Crippen LogP contribution in [0.5, 0.6) is 0 Å². The third-order valence-corrected chi connectivity index (χ3v) is 3.18. The number of nitrogens with zero attached hydrogens (tertiary/aromatic N) is 1. The van der Waals surface area contributed by atoms with E-state index in [1.165, 1.54) is 23.1 Å². The monoisotopic (exact) mass is 198 g/mol. The van der Waals surface area contributed by atoms with E-state index in [1.54, 1.807) is 0 Å². The first kappa shape index (κ1) is 8.72. The second-order valence-corrected chi connectivity index (χ2v) is 4.13. The van der Waals surface area contributed by atoms with Crippen LogP contribution in [0.15, 0.2) is 34.8 Å². The minimum absolute atomic E-state index is 0.443. The second kappa shape index (κ2) is 3.54. The maximum atomic E-state index is 4.22. The minimum atomic E-state index is 0.443. The normalized spacial score (nSPS) is 23.2. The number of aliphatic imine (C=N–C) groups is 1. The molecular formula is C13H14N2. The van der Waals surface area contributed by atoms with Gasteiger partial charge in [-0.2, -0.15) is 0 Å². The Hall–Kier alpha value is -1.57. The average Bonchev–Trinajstić information content (AvgIpc) is 2.82. The molecule has 76 valence electrons. The molecule has 0 radical (unpaired) electrons. The van der Waals surface area contributed by atoms with Gasteiger partial charge in [0.15, 0.2) is 0 Å². The van der Waals surface area contributed by atoms with Crippen molar-refractivity contribution in [2.45, 2.75) is 18.9 Å². The van der Waals surface area contributed by atoms with Crippen molar-refractivity contribution in [3.63, 3.8) is 0 Å². The summed E-state index contributed by atoms with van der Waals surface area (Å²) in [5.74, 6) is 0. The number of fused-ring (bicyclic) bond motifs is 1. The summed E-state index contributed by atoms with van der Waals surface area (Å²) < 4.78 is 0. The van der Waals surface area contributed by atoms with Gasteiger partial charge in [0.25, 0.3) is 0 Å². The predicted octanol–water partition coefficient (Wildman–Crippen LogP) is 2.02. The van der Waals surface area contributed by atoms with E-state index in [0.717, 1.165) is 13.0 Å². The fourth-order valence-electron chi connectivity index (χ4n) is 2.31. The molecule has 1 aromatic rings.